The first-order chi connectivity index (χ1) is 25.7. The fourth-order valence-electron chi connectivity index (χ4n) is 7.01. The van der Waals surface area contributed by atoms with E-state index in [0.717, 1.165) is 60.0 Å². The number of ether oxygens (including phenoxy) is 1. The number of rotatable bonds is 16. The molecule has 1 unspecified atom stereocenters. The first kappa shape index (κ1) is 37.0. The number of hydrogen-bond donors (Lipinski definition) is 0. The molecule has 2 heterocycles. The van der Waals surface area contributed by atoms with E-state index >= 15 is 0 Å². The van der Waals surface area contributed by atoms with Crippen LogP contribution >= 0.6 is 0 Å². The Labute approximate surface area is 315 Å². The van der Waals surface area contributed by atoms with Gasteiger partial charge in [0.2, 0.25) is 5.69 Å². The van der Waals surface area contributed by atoms with Crippen molar-refractivity contribution in [3.05, 3.63) is 139 Å². The van der Waals surface area contributed by atoms with Gasteiger partial charge in [-0.25, -0.2) is 4.57 Å². The van der Waals surface area contributed by atoms with Crippen LogP contribution < -0.4 is 24.1 Å². The molecule has 0 spiro atoms. The van der Waals surface area contributed by atoms with Crippen LogP contribution in [-0.2, 0) is 12.0 Å². The summed E-state index contributed by atoms with van der Waals surface area (Å²) in [5, 5.41) is 11.4. The summed E-state index contributed by atoms with van der Waals surface area (Å²) in [6.07, 6.45) is 12.9. The summed E-state index contributed by atoms with van der Waals surface area (Å²) >= 11 is 0. The Morgan fingerprint density at radius 1 is 0.792 bits per heavy atom. The van der Waals surface area contributed by atoms with Gasteiger partial charge in [0, 0.05) is 79.4 Å². The van der Waals surface area contributed by atoms with Gasteiger partial charge in [-0.05, 0) is 78.1 Å². The lowest BCUT2D eigenvalue weighted by Crippen LogP contribution is -2.43. The molecule has 0 N–H and O–H groups in total. The Kier molecular flexibility index (Phi) is 12.0. The summed E-state index contributed by atoms with van der Waals surface area (Å²) in [4.78, 5) is 4.69. The first-order valence-corrected chi connectivity index (χ1v) is 18.5. The Balaban J connectivity index is 1.01. The molecule has 1 aliphatic heterocycles. The molecule has 1 aromatic heterocycles. The third kappa shape index (κ3) is 9.01. The Bertz CT molecular complexity index is 1990. The maximum atomic E-state index is 5.31. The summed E-state index contributed by atoms with van der Waals surface area (Å²) in [5.74, 6) is 0.845. The van der Waals surface area contributed by atoms with Gasteiger partial charge in [-0.3, -0.25) is 5.01 Å². The van der Waals surface area contributed by atoms with Crippen LogP contribution in [-0.4, -0.2) is 57.6 Å². The van der Waals surface area contributed by atoms with Crippen LogP contribution in [0.5, 0.6) is 5.75 Å². The summed E-state index contributed by atoms with van der Waals surface area (Å²) in [7, 11) is 5.71. The minimum atomic E-state index is -0.0870. The second-order valence-electron chi connectivity index (χ2n) is 14.2. The number of hydrazone groups is 2. The maximum Gasteiger partial charge on any atom is 0.237 e. The zero-order chi connectivity index (χ0) is 37.2. The highest BCUT2D eigenvalue weighted by molar-refractivity contribution is 5.80. The molecule has 0 amide bonds. The molecule has 6 rings (SSSR count). The van der Waals surface area contributed by atoms with Crippen molar-refractivity contribution in [2.24, 2.45) is 10.2 Å². The third-order valence-corrected chi connectivity index (χ3v) is 10.3. The molecule has 4 aromatic carbocycles. The lowest BCUT2D eigenvalue weighted by atomic mass is 9.81. The third-order valence-electron chi connectivity index (χ3n) is 10.3. The number of methoxy groups -OCH3 is 1. The molecular weight excluding hydrogens is 655 g/mol. The standard InChI is InChI=1S/C45H53N7O/c1-45(2)42-18-12-13-19-43(42)52(31-15-8-7-14-30-51-32-28-36(29-33-51)34-46-49(4)39-16-10-9-11-17-39)44(45)35-47-50(5)40-22-20-37(21-23-40)48(3)38-24-26-41(53-6)27-25-38/h9-13,16-29,32-35,44H,5,7-8,14-15,30-31H2,1-4,6H3/q+2. The molecule has 0 bridgehead atoms. The van der Waals surface area contributed by atoms with Crippen LogP contribution in [0.2, 0.25) is 0 Å². The van der Waals surface area contributed by atoms with Crippen molar-refractivity contribution in [1.29, 1.82) is 0 Å². The van der Waals surface area contributed by atoms with Crippen LogP contribution in [0.15, 0.2) is 138 Å². The van der Waals surface area contributed by atoms with Crippen molar-refractivity contribution in [3.8, 4) is 5.75 Å². The number of benzene rings is 4. The number of pyridine rings is 1. The van der Waals surface area contributed by atoms with E-state index in [0.29, 0.717) is 0 Å². The van der Waals surface area contributed by atoms with E-state index in [-0.39, 0.29) is 11.5 Å². The summed E-state index contributed by atoms with van der Waals surface area (Å²) in [6, 6.07) is 39.8. The summed E-state index contributed by atoms with van der Waals surface area (Å²) in [6.45, 7) is 10.9. The lowest BCUT2D eigenvalue weighted by molar-refractivity contribution is -0.697. The highest BCUT2D eigenvalue weighted by atomic mass is 16.5. The first-order valence-electron chi connectivity index (χ1n) is 18.5. The van der Waals surface area contributed by atoms with E-state index in [9.17, 15) is 0 Å². The molecule has 1 atom stereocenters. The Morgan fingerprint density at radius 3 is 2.13 bits per heavy atom. The van der Waals surface area contributed by atoms with Crippen molar-refractivity contribution in [2.45, 2.75) is 57.5 Å². The van der Waals surface area contributed by atoms with Gasteiger partial charge in [0.15, 0.2) is 19.1 Å². The van der Waals surface area contributed by atoms with E-state index in [4.69, 9.17) is 9.84 Å². The molecule has 0 radical (unpaired) electrons. The molecule has 0 fully saturated rings. The zero-order valence-electron chi connectivity index (χ0n) is 31.8. The monoisotopic (exact) mass is 707 g/mol. The number of anilines is 4. The topological polar surface area (TPSA) is 50.6 Å². The zero-order valence-corrected chi connectivity index (χ0v) is 31.8. The predicted octanol–water partition coefficient (Wildman–Crippen LogP) is 8.98. The summed E-state index contributed by atoms with van der Waals surface area (Å²) < 4.78 is 9.31. The van der Waals surface area contributed by atoms with Gasteiger partial charge in [0.1, 0.15) is 12.3 Å². The normalized spacial score (nSPS) is 14.8. The minimum Gasteiger partial charge on any atom is -0.497 e. The Morgan fingerprint density at radius 2 is 1.43 bits per heavy atom. The van der Waals surface area contributed by atoms with E-state index < -0.39 is 0 Å². The SMILES string of the molecule is C=[N+](N=CC1N(CCCCCC[n+]2ccc(C=NN(C)c3ccccc3)cc2)c2ccccc2C1(C)C)c1ccc(N(C)c2ccc(OC)cc2)cc1. The molecule has 8 nitrogen and oxygen atoms in total. The molecule has 5 aromatic rings. The smallest absolute Gasteiger partial charge is 0.237 e. The second kappa shape index (κ2) is 17.2. The lowest BCUT2D eigenvalue weighted by Gasteiger charge is -2.31. The second-order valence-corrected chi connectivity index (χ2v) is 14.2. The van der Waals surface area contributed by atoms with Gasteiger partial charge in [-0.15, -0.1) is 0 Å². The average molecular weight is 708 g/mol. The van der Waals surface area contributed by atoms with Crippen LogP contribution in [0.1, 0.15) is 50.7 Å². The largest absolute Gasteiger partial charge is 0.497 e. The van der Waals surface area contributed by atoms with E-state index in [1.54, 1.807) is 11.8 Å². The molecule has 272 valence electrons. The quantitative estimate of drug-likeness (QED) is 0.0445. The van der Waals surface area contributed by atoms with Crippen LogP contribution in [0.4, 0.5) is 28.4 Å². The number of hydrogen-bond acceptors (Lipinski definition) is 6. The van der Waals surface area contributed by atoms with Crippen LogP contribution in [0, 0.1) is 0 Å². The van der Waals surface area contributed by atoms with Gasteiger partial charge < -0.3 is 14.5 Å². The number of unbranched alkanes of at least 4 members (excludes halogenated alkanes) is 3. The van der Waals surface area contributed by atoms with Crippen molar-refractivity contribution in [1.82, 2.24) is 0 Å². The molecule has 1 aliphatic rings. The van der Waals surface area contributed by atoms with Gasteiger partial charge in [-0.1, -0.05) is 61.4 Å². The molecule has 0 aliphatic carbocycles. The van der Waals surface area contributed by atoms with Gasteiger partial charge in [0.25, 0.3) is 0 Å². The van der Waals surface area contributed by atoms with Gasteiger partial charge in [0.05, 0.1) is 31.3 Å². The summed E-state index contributed by atoms with van der Waals surface area (Å²) in [5.41, 5.74) is 7.85. The Hall–Kier alpha value is -5.76. The van der Waals surface area contributed by atoms with Crippen LogP contribution in [0.3, 0.4) is 0 Å². The van der Waals surface area contributed by atoms with Crippen molar-refractivity contribution in [2.75, 3.05) is 42.6 Å². The van der Waals surface area contributed by atoms with Crippen molar-refractivity contribution >= 4 is 47.6 Å². The average Bonchev–Trinajstić information content (AvgIpc) is 3.42. The molecular formula is C45H53N7O+2. The number of aryl methyl sites for hydroxylation is 1. The van der Waals surface area contributed by atoms with Gasteiger partial charge in [-0.2, -0.15) is 5.10 Å². The molecule has 0 saturated heterocycles. The van der Waals surface area contributed by atoms with E-state index in [1.807, 2.05) is 48.6 Å². The molecule has 8 heteroatoms. The van der Waals surface area contributed by atoms with Crippen molar-refractivity contribution < 1.29 is 14.0 Å². The molecule has 53 heavy (non-hydrogen) atoms. The van der Waals surface area contributed by atoms with E-state index in [2.05, 4.69) is 151 Å². The number of aromatic nitrogens is 1. The number of nitrogens with zero attached hydrogens (tertiary/aromatic N) is 7. The minimum absolute atomic E-state index is 0.0870. The van der Waals surface area contributed by atoms with Gasteiger partial charge >= 0.3 is 0 Å². The fourth-order valence-corrected chi connectivity index (χ4v) is 7.01. The van der Waals surface area contributed by atoms with E-state index in [1.165, 1.54) is 24.1 Å². The highest BCUT2D eigenvalue weighted by Crippen LogP contribution is 2.44. The number of fused-ring (bicyclic) bond motifs is 1. The van der Waals surface area contributed by atoms with Crippen LogP contribution in [0.25, 0.3) is 0 Å². The predicted molar refractivity (Wildman–Crippen MR) is 221 cm³/mol. The molecule has 0 saturated carbocycles. The highest BCUT2D eigenvalue weighted by Gasteiger charge is 2.43. The maximum absolute atomic E-state index is 5.31. The van der Waals surface area contributed by atoms with Crippen molar-refractivity contribution in [3.63, 3.8) is 0 Å². The number of para-hydroxylation sites is 2. The fraction of sp³-hybridized carbons (Fsp3) is 0.289.